The predicted molar refractivity (Wildman–Crippen MR) is 119 cm³/mol. The second-order valence-electron chi connectivity index (χ2n) is 7.55. The molecule has 1 saturated heterocycles. The molecule has 0 amide bonds. The standard InChI is InChI=1S/C23H29BrClNO2/c1-2-3-12-23(27,19-6-8-20(24)9-7-19)22(17-26-13-15-28-16-14-26)18-4-10-21(25)11-5-18/h4-11,22,27H,2-3,12-17H2,1H3. The van der Waals surface area contributed by atoms with Gasteiger partial charge in [0.05, 0.1) is 18.8 Å². The summed E-state index contributed by atoms with van der Waals surface area (Å²) in [7, 11) is 0. The third-order valence-electron chi connectivity index (χ3n) is 5.65. The van der Waals surface area contributed by atoms with Crippen LogP contribution in [0.3, 0.4) is 0 Å². The Morgan fingerprint density at radius 3 is 2.36 bits per heavy atom. The summed E-state index contributed by atoms with van der Waals surface area (Å²) in [4.78, 5) is 2.40. The van der Waals surface area contributed by atoms with Crippen molar-refractivity contribution < 1.29 is 9.84 Å². The summed E-state index contributed by atoms with van der Waals surface area (Å²) in [6.07, 6.45) is 2.74. The Morgan fingerprint density at radius 2 is 1.75 bits per heavy atom. The summed E-state index contributed by atoms with van der Waals surface area (Å²) in [5.74, 6) is -0.0457. The van der Waals surface area contributed by atoms with Crippen LogP contribution < -0.4 is 0 Å². The van der Waals surface area contributed by atoms with Gasteiger partial charge in [0, 0.05) is 35.0 Å². The summed E-state index contributed by atoms with van der Waals surface area (Å²) in [5.41, 5.74) is 1.15. The largest absolute Gasteiger partial charge is 0.384 e. The minimum atomic E-state index is -0.942. The van der Waals surface area contributed by atoms with Crippen LogP contribution in [-0.2, 0) is 10.3 Å². The maximum Gasteiger partial charge on any atom is 0.0977 e. The summed E-state index contributed by atoms with van der Waals surface area (Å²) in [6, 6.07) is 16.1. The maximum atomic E-state index is 12.1. The van der Waals surface area contributed by atoms with E-state index in [0.717, 1.165) is 72.7 Å². The van der Waals surface area contributed by atoms with Crippen LogP contribution in [0.4, 0.5) is 0 Å². The number of morpholine rings is 1. The first kappa shape index (κ1) is 21.8. The van der Waals surface area contributed by atoms with Crippen LogP contribution in [-0.4, -0.2) is 42.9 Å². The number of hydrogen-bond acceptors (Lipinski definition) is 3. The maximum absolute atomic E-state index is 12.1. The molecule has 1 heterocycles. The second-order valence-corrected chi connectivity index (χ2v) is 8.90. The van der Waals surface area contributed by atoms with Gasteiger partial charge >= 0.3 is 0 Å². The van der Waals surface area contributed by atoms with E-state index in [9.17, 15) is 5.11 Å². The topological polar surface area (TPSA) is 32.7 Å². The molecule has 5 heteroatoms. The molecule has 28 heavy (non-hydrogen) atoms. The van der Waals surface area contributed by atoms with Crippen molar-refractivity contribution in [3.8, 4) is 0 Å². The van der Waals surface area contributed by atoms with E-state index in [1.165, 1.54) is 0 Å². The molecule has 1 N–H and O–H groups in total. The van der Waals surface area contributed by atoms with Gasteiger partial charge in [-0.25, -0.2) is 0 Å². The highest BCUT2D eigenvalue weighted by molar-refractivity contribution is 9.10. The van der Waals surface area contributed by atoms with E-state index in [0.29, 0.717) is 0 Å². The van der Waals surface area contributed by atoms with Crippen molar-refractivity contribution in [1.29, 1.82) is 0 Å². The summed E-state index contributed by atoms with van der Waals surface area (Å²) in [5, 5.41) is 12.8. The Hall–Kier alpha value is -0.910. The number of halogens is 2. The second kappa shape index (κ2) is 10.2. The Balaban J connectivity index is 2.00. The van der Waals surface area contributed by atoms with Crippen molar-refractivity contribution in [3.63, 3.8) is 0 Å². The molecule has 0 aliphatic carbocycles. The number of hydrogen-bond donors (Lipinski definition) is 1. The van der Waals surface area contributed by atoms with Gasteiger partial charge in [0.1, 0.15) is 0 Å². The zero-order valence-corrected chi connectivity index (χ0v) is 18.8. The van der Waals surface area contributed by atoms with Crippen LogP contribution in [0.2, 0.25) is 5.02 Å². The van der Waals surface area contributed by atoms with Crippen LogP contribution in [0.15, 0.2) is 53.0 Å². The molecule has 0 aromatic heterocycles. The number of rotatable bonds is 8. The van der Waals surface area contributed by atoms with Crippen LogP contribution in [0.25, 0.3) is 0 Å². The normalized spacial score (nSPS) is 18.6. The Kier molecular flexibility index (Phi) is 7.95. The predicted octanol–water partition coefficient (Wildman–Crippen LogP) is 5.60. The van der Waals surface area contributed by atoms with E-state index in [1.54, 1.807) is 0 Å². The fourth-order valence-corrected chi connectivity index (χ4v) is 4.36. The molecule has 2 aromatic rings. The molecular weight excluding hydrogens is 438 g/mol. The molecule has 2 aromatic carbocycles. The SMILES string of the molecule is CCCCC(O)(c1ccc(Br)cc1)C(CN1CCOCC1)c1ccc(Cl)cc1. The fourth-order valence-electron chi connectivity index (χ4n) is 3.97. The minimum absolute atomic E-state index is 0.0457. The summed E-state index contributed by atoms with van der Waals surface area (Å²) >= 11 is 9.66. The van der Waals surface area contributed by atoms with E-state index in [1.807, 2.05) is 36.4 Å². The molecule has 2 unspecified atom stereocenters. The smallest absolute Gasteiger partial charge is 0.0977 e. The molecule has 0 bridgehead atoms. The molecular formula is C23H29BrClNO2. The molecule has 1 fully saturated rings. The lowest BCUT2D eigenvalue weighted by atomic mass is 9.74. The Bertz CT molecular complexity index is 731. The Morgan fingerprint density at radius 1 is 1.11 bits per heavy atom. The van der Waals surface area contributed by atoms with E-state index in [2.05, 4.69) is 39.9 Å². The van der Waals surface area contributed by atoms with Crippen molar-refractivity contribution in [3.05, 3.63) is 69.2 Å². The van der Waals surface area contributed by atoms with Gasteiger partial charge in [-0.1, -0.05) is 71.6 Å². The third kappa shape index (κ3) is 5.37. The molecule has 2 atom stereocenters. The van der Waals surface area contributed by atoms with Crippen LogP contribution in [0.1, 0.15) is 43.2 Å². The van der Waals surface area contributed by atoms with Gasteiger partial charge in [-0.3, -0.25) is 4.90 Å². The highest BCUT2D eigenvalue weighted by atomic mass is 79.9. The number of benzene rings is 2. The van der Waals surface area contributed by atoms with Crippen molar-refractivity contribution in [2.24, 2.45) is 0 Å². The van der Waals surface area contributed by atoms with Crippen molar-refractivity contribution >= 4 is 27.5 Å². The number of unbranched alkanes of at least 4 members (excludes halogenated alkanes) is 1. The quantitative estimate of drug-likeness (QED) is 0.550. The van der Waals surface area contributed by atoms with Crippen LogP contribution >= 0.6 is 27.5 Å². The van der Waals surface area contributed by atoms with E-state index >= 15 is 0 Å². The van der Waals surface area contributed by atoms with Gasteiger partial charge in [-0.15, -0.1) is 0 Å². The van der Waals surface area contributed by atoms with Gasteiger partial charge in [-0.2, -0.15) is 0 Å². The Labute approximate surface area is 181 Å². The van der Waals surface area contributed by atoms with E-state index in [-0.39, 0.29) is 5.92 Å². The minimum Gasteiger partial charge on any atom is -0.384 e. The van der Waals surface area contributed by atoms with Crippen molar-refractivity contribution in [2.45, 2.75) is 37.7 Å². The molecule has 0 radical (unpaired) electrons. The highest BCUT2D eigenvalue weighted by Crippen LogP contribution is 2.42. The molecule has 1 aliphatic rings. The fraction of sp³-hybridized carbons (Fsp3) is 0.478. The summed E-state index contributed by atoms with van der Waals surface area (Å²) in [6.45, 7) is 6.25. The van der Waals surface area contributed by atoms with Gasteiger partial charge in [0.2, 0.25) is 0 Å². The monoisotopic (exact) mass is 465 g/mol. The van der Waals surface area contributed by atoms with Gasteiger partial charge in [0.15, 0.2) is 0 Å². The molecule has 1 aliphatic heterocycles. The van der Waals surface area contributed by atoms with E-state index in [4.69, 9.17) is 16.3 Å². The zero-order chi connectivity index (χ0) is 20.0. The highest BCUT2D eigenvalue weighted by Gasteiger charge is 2.40. The number of ether oxygens (including phenoxy) is 1. The number of nitrogens with zero attached hydrogens (tertiary/aromatic N) is 1. The van der Waals surface area contributed by atoms with E-state index < -0.39 is 5.60 Å². The average Bonchev–Trinajstić information content (AvgIpc) is 2.72. The first-order valence-electron chi connectivity index (χ1n) is 10.1. The molecule has 0 saturated carbocycles. The molecule has 0 spiro atoms. The van der Waals surface area contributed by atoms with Crippen LogP contribution in [0, 0.1) is 0 Å². The molecule has 152 valence electrons. The lowest BCUT2D eigenvalue weighted by Gasteiger charge is -2.41. The lowest BCUT2D eigenvalue weighted by molar-refractivity contribution is -0.0293. The van der Waals surface area contributed by atoms with Gasteiger partial charge in [-0.05, 0) is 41.8 Å². The molecule has 3 nitrogen and oxygen atoms in total. The lowest BCUT2D eigenvalue weighted by Crippen LogP contribution is -2.45. The van der Waals surface area contributed by atoms with Crippen LogP contribution in [0.5, 0.6) is 0 Å². The van der Waals surface area contributed by atoms with Crippen molar-refractivity contribution in [2.75, 3.05) is 32.8 Å². The first-order valence-corrected chi connectivity index (χ1v) is 11.2. The van der Waals surface area contributed by atoms with Crippen molar-refractivity contribution in [1.82, 2.24) is 4.90 Å². The summed E-state index contributed by atoms with van der Waals surface area (Å²) < 4.78 is 6.54. The van der Waals surface area contributed by atoms with Gasteiger partial charge in [0.25, 0.3) is 0 Å². The average molecular weight is 467 g/mol. The first-order chi connectivity index (χ1) is 13.5. The molecule has 3 rings (SSSR count). The third-order valence-corrected chi connectivity index (χ3v) is 6.43. The van der Waals surface area contributed by atoms with Gasteiger partial charge < -0.3 is 9.84 Å². The number of aliphatic hydroxyl groups is 1. The zero-order valence-electron chi connectivity index (χ0n) is 16.4.